The van der Waals surface area contributed by atoms with Crippen molar-refractivity contribution < 1.29 is 52.6 Å². The summed E-state index contributed by atoms with van der Waals surface area (Å²) in [4.78, 5) is 110. The Morgan fingerprint density at radius 1 is 0.743 bits per heavy atom. The zero-order valence-corrected chi connectivity index (χ0v) is 43.5. The number of aryl methyl sites for hydroxylation is 2. The molecule has 4 aromatic heterocycles. The number of aromatic amines is 4. The molecule has 30 heteroatoms. The predicted octanol–water partition coefficient (Wildman–Crippen LogP) is -2.83. The minimum Gasteiger partial charge on any atom is -0.852 e. The van der Waals surface area contributed by atoms with Gasteiger partial charge in [-0.1, -0.05) is 50.4 Å². The first-order valence-electron chi connectivity index (χ1n) is 21.7. The van der Waals surface area contributed by atoms with Crippen molar-refractivity contribution in [3.63, 3.8) is 0 Å². The average molecular weight is 1060 g/mol. The third-order valence-corrected chi connectivity index (χ3v) is 10.3. The molecule has 5 aromatic rings. The number of amides is 1. The van der Waals surface area contributed by atoms with Crippen molar-refractivity contribution in [3.05, 3.63) is 84.3 Å². The van der Waals surface area contributed by atoms with Gasteiger partial charge in [0.1, 0.15) is 47.2 Å². The standard InChI is InChI=1S/C10H12O4S.C8H13N4O2.C7H10N4O2.C7H8N4O.C4H6N4O.2C4H8O.H2O/c1-8-3-5-10(6-4-8)15(12,13)14-7-9(2)11;1-3(4(2)13)5-6(9)11-8(10)12-7(5)14;1-3(12)2-4-5(8)10-7(9)11-6(4)13;1-3-2-4-5(9-3)10-7(8)11-6(4)12;5-2-1-3(9)8-4(6)7-2;2*1-3-4(2)5;/h3-6H,7H2,1-2H3;3-5H,1-2H3,(H4,9,10,11,12,14);2H2,1H3,(H5,8,9,10,11,13);2H,1H3,(H4,8,9,10,11,12);1H,(H5,5,6,7,8,9);2*3H2,1-2H3;1H2/q;-1;;;;;;/p+1. The van der Waals surface area contributed by atoms with E-state index in [-0.39, 0.29) is 104 Å². The first-order valence-corrected chi connectivity index (χ1v) is 23.1. The van der Waals surface area contributed by atoms with Crippen LogP contribution in [-0.2, 0) is 44.7 Å². The number of aromatic nitrogens is 7. The van der Waals surface area contributed by atoms with Crippen molar-refractivity contribution >= 4 is 91.5 Å². The van der Waals surface area contributed by atoms with Gasteiger partial charge in [-0.2, -0.15) is 23.4 Å². The Bertz CT molecular complexity index is 2980. The molecule has 29 nitrogen and oxygen atoms in total. The molecule has 1 aromatic carbocycles. The first kappa shape index (κ1) is 67.6. The number of fused-ring (bicyclic) bond motifs is 1. The lowest BCUT2D eigenvalue weighted by molar-refractivity contribution is -0.427. The SMILES string of the molecule is CC(=O)COS(=O)(=O)c1ccc(C)cc1.CC(=O)Cc1c(N)nc(N)[nH]c1=O.CC([O-])C(C)C1C(=O)NC(=[NH2+])N=C1N.CCC(C)=O.CCC(C)=O.Cc1cc2c(=O)[nH]c(N)nc2[nH]1.Nc1cc(=O)[nH]c(N)n1.O. The van der Waals surface area contributed by atoms with Crippen molar-refractivity contribution in [1.82, 2.24) is 40.2 Å². The maximum Gasteiger partial charge on any atom is 0.391 e. The van der Waals surface area contributed by atoms with Crippen LogP contribution in [0, 0.1) is 25.7 Å². The molecular formula is C44H68N16O13S. The van der Waals surface area contributed by atoms with Crippen molar-refractivity contribution in [2.24, 2.45) is 22.6 Å². The monoisotopic (exact) mass is 1060 g/mol. The quantitative estimate of drug-likeness (QED) is 0.0627. The Labute approximate surface area is 424 Å². The minimum absolute atomic E-state index is 0. The summed E-state index contributed by atoms with van der Waals surface area (Å²) < 4.78 is 27.5. The van der Waals surface area contributed by atoms with E-state index in [9.17, 15) is 51.9 Å². The van der Waals surface area contributed by atoms with E-state index in [4.69, 9.17) is 39.8 Å². The fraction of sp³-hybridized carbons (Fsp3) is 0.386. The van der Waals surface area contributed by atoms with Gasteiger partial charge in [-0.25, -0.2) is 5.32 Å². The molecule has 0 bridgehead atoms. The number of nitrogens with one attached hydrogen (secondary N) is 5. The second-order valence-electron chi connectivity index (χ2n) is 15.7. The third kappa shape index (κ3) is 26.1. The zero-order valence-electron chi connectivity index (χ0n) is 42.7. The van der Waals surface area contributed by atoms with Crippen LogP contribution in [0.1, 0.15) is 85.1 Å². The molecule has 0 aliphatic carbocycles. The van der Waals surface area contributed by atoms with Gasteiger partial charge in [-0.15, -0.1) is 6.10 Å². The number of hydrogen-bond acceptors (Lipinski definition) is 21. The highest BCUT2D eigenvalue weighted by molar-refractivity contribution is 7.86. The molecule has 1 amide bonds. The number of amidine groups is 1. The zero-order chi connectivity index (χ0) is 56.5. The van der Waals surface area contributed by atoms with Crippen LogP contribution in [0.3, 0.4) is 0 Å². The number of aliphatic imine (C=N–C) groups is 1. The molecule has 5 heterocycles. The van der Waals surface area contributed by atoms with Gasteiger partial charge < -0.3 is 59.6 Å². The Balaban J connectivity index is 0. The summed E-state index contributed by atoms with van der Waals surface area (Å²) in [6, 6.07) is 9.14. The highest BCUT2D eigenvalue weighted by atomic mass is 32.2. The van der Waals surface area contributed by atoms with Crippen LogP contribution in [0.5, 0.6) is 0 Å². The van der Waals surface area contributed by atoms with Crippen molar-refractivity contribution in [2.75, 3.05) is 35.3 Å². The van der Waals surface area contributed by atoms with Crippen LogP contribution in [-0.4, -0.2) is 102 Å². The van der Waals surface area contributed by atoms with Gasteiger partial charge >= 0.3 is 5.96 Å². The van der Waals surface area contributed by atoms with E-state index in [0.717, 1.165) is 17.3 Å². The summed E-state index contributed by atoms with van der Waals surface area (Å²) in [6.45, 7) is 16.0. The topological polar surface area (TPSA) is 542 Å². The molecule has 0 fully saturated rings. The fourth-order valence-corrected chi connectivity index (χ4v) is 5.83. The Hall–Kier alpha value is -8.48. The van der Waals surface area contributed by atoms with Gasteiger partial charge in [0.15, 0.2) is 11.6 Å². The fourth-order valence-electron chi connectivity index (χ4n) is 4.90. The van der Waals surface area contributed by atoms with E-state index in [2.05, 4.69) is 49.4 Å². The van der Waals surface area contributed by atoms with Crippen LogP contribution in [0.2, 0.25) is 0 Å². The number of carbonyl (C=O) groups excluding carboxylic acids is 5. The molecule has 0 saturated heterocycles. The number of hydrogen-bond donors (Lipinski definition) is 12. The molecule has 1 aliphatic heterocycles. The number of nitrogen functional groups attached to an aromatic ring is 5. The van der Waals surface area contributed by atoms with E-state index in [0.29, 0.717) is 23.9 Å². The van der Waals surface area contributed by atoms with E-state index >= 15 is 0 Å². The summed E-state index contributed by atoms with van der Waals surface area (Å²) in [5.41, 5.74) is 33.4. The number of rotatable bonds is 10. The number of Topliss-reactive ketones (excluding diaryl/α,β-unsaturated/α-hetero) is 4. The van der Waals surface area contributed by atoms with Gasteiger partial charge in [-0.05, 0) is 65.7 Å². The highest BCUT2D eigenvalue weighted by Crippen LogP contribution is 2.17. The number of guanidine groups is 1. The number of anilines is 5. The predicted molar refractivity (Wildman–Crippen MR) is 277 cm³/mol. The van der Waals surface area contributed by atoms with Crippen molar-refractivity contribution in [3.8, 4) is 0 Å². The Morgan fingerprint density at radius 2 is 1.24 bits per heavy atom. The Morgan fingerprint density at radius 3 is 1.68 bits per heavy atom. The summed E-state index contributed by atoms with van der Waals surface area (Å²) in [7, 11) is -3.79. The molecule has 0 radical (unpaired) electrons. The number of nitrogens with zero attached hydrogens (tertiary/aromatic N) is 4. The van der Waals surface area contributed by atoms with Gasteiger partial charge in [0, 0.05) is 31.0 Å². The number of benzene rings is 1. The molecule has 1 aliphatic rings. The van der Waals surface area contributed by atoms with E-state index in [1.165, 1.54) is 32.9 Å². The molecule has 0 spiro atoms. The lowest BCUT2D eigenvalue weighted by atomic mass is 9.87. The van der Waals surface area contributed by atoms with Gasteiger partial charge in [-0.3, -0.25) is 53.3 Å². The summed E-state index contributed by atoms with van der Waals surface area (Å²) in [5.74, 6) is -1.02. The largest absolute Gasteiger partial charge is 0.852 e. The van der Waals surface area contributed by atoms with Gasteiger partial charge in [0.05, 0.1) is 15.8 Å². The molecule has 21 N–H and O–H groups in total. The number of H-pyrrole nitrogens is 4. The molecule has 408 valence electrons. The summed E-state index contributed by atoms with van der Waals surface area (Å²) >= 11 is 0. The van der Waals surface area contributed by atoms with E-state index in [1.807, 2.05) is 27.7 Å². The molecule has 3 atom stereocenters. The molecule has 0 saturated carbocycles. The first-order chi connectivity index (χ1) is 33.7. The molecule has 6 rings (SSSR count). The molecule has 3 unspecified atom stereocenters. The highest BCUT2D eigenvalue weighted by Gasteiger charge is 2.37. The second-order valence-corrected chi connectivity index (χ2v) is 17.3. The lowest BCUT2D eigenvalue weighted by Gasteiger charge is -2.30. The van der Waals surface area contributed by atoms with Crippen LogP contribution in [0.4, 0.5) is 29.5 Å². The minimum atomic E-state index is -3.79. The maximum atomic E-state index is 11.5. The molecule has 74 heavy (non-hydrogen) atoms. The van der Waals surface area contributed by atoms with Crippen LogP contribution in [0.15, 0.2) is 60.7 Å². The van der Waals surface area contributed by atoms with Gasteiger partial charge in [0.25, 0.3) is 32.7 Å². The second kappa shape index (κ2) is 32.5. The molecular weight excluding hydrogens is 993 g/mol. The van der Waals surface area contributed by atoms with Crippen molar-refractivity contribution in [2.45, 2.75) is 99.5 Å². The average Bonchev–Trinajstić information content (AvgIpc) is 3.65. The maximum absolute atomic E-state index is 11.5. The van der Waals surface area contributed by atoms with E-state index < -0.39 is 40.2 Å². The Kier molecular flexibility index (Phi) is 29.7. The van der Waals surface area contributed by atoms with Gasteiger partial charge in [0.2, 0.25) is 17.8 Å². The van der Waals surface area contributed by atoms with Crippen LogP contribution < -0.4 is 66.9 Å². The third-order valence-electron chi connectivity index (χ3n) is 9.01. The smallest absolute Gasteiger partial charge is 0.391 e. The number of carbonyl (C=O) groups is 5. The normalized spacial score (nSPS) is 13.0. The lowest BCUT2D eigenvalue weighted by Crippen LogP contribution is -2.59. The number of nitrogens with two attached hydrogens (primary N) is 7. The van der Waals surface area contributed by atoms with Crippen LogP contribution >= 0.6 is 0 Å². The van der Waals surface area contributed by atoms with Crippen LogP contribution in [0.25, 0.3) is 11.0 Å². The summed E-state index contributed by atoms with van der Waals surface area (Å²) in [6.07, 6.45) is 0.438. The number of ketones is 4. The van der Waals surface area contributed by atoms with Crippen molar-refractivity contribution in [1.29, 1.82) is 0 Å². The summed E-state index contributed by atoms with van der Waals surface area (Å²) in [5, 5.41) is 19.4. The van der Waals surface area contributed by atoms with E-state index in [1.54, 1.807) is 39.0 Å².